The number of rotatable bonds is 4. The summed E-state index contributed by atoms with van der Waals surface area (Å²) in [4.78, 5) is 9.76. The second-order valence-electron chi connectivity index (χ2n) is 2.23. The Morgan fingerprint density at radius 2 is 2.00 bits per heavy atom. The second-order valence-corrected chi connectivity index (χ2v) is 2.60. The van der Waals surface area contributed by atoms with Crippen molar-refractivity contribution in [1.82, 2.24) is 0 Å². The first kappa shape index (κ1) is 14.4. The van der Waals surface area contributed by atoms with E-state index >= 15 is 0 Å². The first-order valence-electron chi connectivity index (χ1n) is 4.00. The van der Waals surface area contributed by atoms with Crippen LogP contribution >= 0.6 is 12.6 Å². The summed E-state index contributed by atoms with van der Waals surface area (Å²) in [6.07, 6.45) is 2.44. The molecule has 0 aliphatic rings. The van der Waals surface area contributed by atoms with E-state index in [1.54, 1.807) is 0 Å². The van der Waals surface area contributed by atoms with Crippen molar-refractivity contribution in [2.24, 2.45) is 5.73 Å². The van der Waals surface area contributed by atoms with Crippen LogP contribution in [-0.4, -0.2) is 30.2 Å². The predicted molar refractivity (Wildman–Crippen MR) is 56.2 cm³/mol. The standard InChI is InChI=1S/C4H10B.C3H7NO2S/c1-3-5-4-2;4-2(1-7)3(5)6/h3-4H2,1-2H3;2,7H,1,4H2,(H,5,6). The van der Waals surface area contributed by atoms with Gasteiger partial charge in [0.2, 0.25) is 0 Å². The Morgan fingerprint density at radius 1 is 1.58 bits per heavy atom. The number of thiol groups is 1. The normalized spacial score (nSPS) is 11.0. The lowest BCUT2D eigenvalue weighted by Crippen LogP contribution is -2.31. The van der Waals surface area contributed by atoms with Gasteiger partial charge in [0.25, 0.3) is 0 Å². The zero-order valence-electron chi connectivity index (χ0n) is 7.66. The third-order valence-corrected chi connectivity index (χ3v) is 1.48. The van der Waals surface area contributed by atoms with Crippen LogP contribution in [-0.2, 0) is 4.79 Å². The highest BCUT2D eigenvalue weighted by Crippen LogP contribution is 1.80. The molecular weight excluding hydrogens is 173 g/mol. The van der Waals surface area contributed by atoms with Gasteiger partial charge in [-0.3, -0.25) is 4.79 Å². The lowest BCUT2D eigenvalue weighted by Gasteiger charge is -1.96. The van der Waals surface area contributed by atoms with Crippen LogP contribution in [0.25, 0.3) is 0 Å². The third kappa shape index (κ3) is 12.5. The Hall–Kier alpha value is -0.155. The molecule has 0 aliphatic heterocycles. The van der Waals surface area contributed by atoms with E-state index in [9.17, 15) is 4.79 Å². The Balaban J connectivity index is 0. The molecule has 1 radical (unpaired) electrons. The van der Waals surface area contributed by atoms with E-state index in [1.807, 2.05) is 0 Å². The van der Waals surface area contributed by atoms with Crippen molar-refractivity contribution in [3.8, 4) is 0 Å². The van der Waals surface area contributed by atoms with Crippen LogP contribution in [0.1, 0.15) is 13.8 Å². The summed E-state index contributed by atoms with van der Waals surface area (Å²) in [5.41, 5.74) is 4.94. The van der Waals surface area contributed by atoms with Gasteiger partial charge in [0.15, 0.2) is 0 Å². The fourth-order valence-corrected chi connectivity index (χ4v) is 0.523. The predicted octanol–water partition coefficient (Wildman–Crippen LogP) is 0.895. The smallest absolute Gasteiger partial charge is 0.321 e. The molecule has 0 saturated carbocycles. The van der Waals surface area contributed by atoms with E-state index < -0.39 is 12.0 Å². The Bertz CT molecular complexity index is 112. The molecule has 0 saturated heterocycles. The van der Waals surface area contributed by atoms with E-state index in [0.717, 1.165) is 0 Å². The van der Waals surface area contributed by atoms with Gasteiger partial charge < -0.3 is 10.8 Å². The molecule has 1 unspecified atom stereocenters. The number of hydrogen-bond acceptors (Lipinski definition) is 3. The van der Waals surface area contributed by atoms with Crippen molar-refractivity contribution >= 4 is 25.9 Å². The number of hydrogen-bond donors (Lipinski definition) is 3. The number of carboxylic acid groups (broad SMARTS) is 1. The maximum absolute atomic E-state index is 9.76. The molecule has 0 rings (SSSR count). The third-order valence-electron chi connectivity index (χ3n) is 1.09. The molecule has 0 fully saturated rings. The van der Waals surface area contributed by atoms with E-state index in [1.165, 1.54) is 12.6 Å². The molecule has 0 amide bonds. The molecule has 0 bridgehead atoms. The molecule has 1 atom stereocenters. The summed E-state index contributed by atoms with van der Waals surface area (Å²) >= 11 is 3.65. The fraction of sp³-hybridized carbons (Fsp3) is 0.857. The van der Waals surface area contributed by atoms with Gasteiger partial charge in [0.05, 0.1) is 0 Å². The number of nitrogens with two attached hydrogens (primary N) is 1. The van der Waals surface area contributed by atoms with Crippen molar-refractivity contribution in [2.75, 3.05) is 5.75 Å². The molecular formula is C7H17BNO2S. The molecule has 0 aromatic heterocycles. The van der Waals surface area contributed by atoms with Crippen LogP contribution in [0.5, 0.6) is 0 Å². The van der Waals surface area contributed by atoms with Crippen molar-refractivity contribution in [2.45, 2.75) is 32.5 Å². The van der Waals surface area contributed by atoms with Crippen LogP contribution in [0.15, 0.2) is 0 Å². The number of carboxylic acids is 1. The van der Waals surface area contributed by atoms with Crippen LogP contribution < -0.4 is 5.73 Å². The maximum Gasteiger partial charge on any atom is 0.321 e. The Labute approximate surface area is 80.4 Å². The van der Waals surface area contributed by atoms with E-state index in [2.05, 4.69) is 33.8 Å². The molecule has 0 aliphatic carbocycles. The highest BCUT2D eigenvalue weighted by Gasteiger charge is 2.06. The minimum absolute atomic E-state index is 0.190. The average molecular weight is 190 g/mol. The summed E-state index contributed by atoms with van der Waals surface area (Å²) in [6.45, 7) is 4.31. The minimum atomic E-state index is -1.00. The van der Waals surface area contributed by atoms with E-state index in [4.69, 9.17) is 10.8 Å². The zero-order valence-corrected chi connectivity index (χ0v) is 8.55. The van der Waals surface area contributed by atoms with Crippen molar-refractivity contribution < 1.29 is 9.90 Å². The second kappa shape index (κ2) is 10.8. The van der Waals surface area contributed by atoms with Gasteiger partial charge in [-0.15, -0.1) is 0 Å². The van der Waals surface area contributed by atoms with E-state index in [0.29, 0.717) is 0 Å². The van der Waals surface area contributed by atoms with Gasteiger partial charge in [-0.2, -0.15) is 12.6 Å². The maximum atomic E-state index is 9.76. The molecule has 3 nitrogen and oxygen atoms in total. The highest BCUT2D eigenvalue weighted by atomic mass is 32.1. The van der Waals surface area contributed by atoms with Crippen LogP contribution in [0.3, 0.4) is 0 Å². The van der Waals surface area contributed by atoms with Crippen LogP contribution in [0.4, 0.5) is 0 Å². The highest BCUT2D eigenvalue weighted by molar-refractivity contribution is 7.80. The van der Waals surface area contributed by atoms with Gasteiger partial charge in [-0.25, -0.2) is 0 Å². The van der Waals surface area contributed by atoms with Gasteiger partial charge >= 0.3 is 5.97 Å². The summed E-state index contributed by atoms with van der Waals surface area (Å²) in [7, 11) is 2.25. The minimum Gasteiger partial charge on any atom is -0.480 e. The summed E-state index contributed by atoms with van der Waals surface area (Å²) in [5, 5.41) is 8.01. The van der Waals surface area contributed by atoms with Crippen molar-refractivity contribution in [3.05, 3.63) is 0 Å². The SMILES string of the molecule is CC[B]CC.NC(CS)C(=O)O. The lowest BCUT2D eigenvalue weighted by molar-refractivity contribution is -0.137. The van der Waals surface area contributed by atoms with Gasteiger partial charge in [0.1, 0.15) is 13.3 Å². The largest absolute Gasteiger partial charge is 0.480 e. The van der Waals surface area contributed by atoms with Crippen molar-refractivity contribution in [3.63, 3.8) is 0 Å². The van der Waals surface area contributed by atoms with Crippen molar-refractivity contribution in [1.29, 1.82) is 0 Å². The summed E-state index contributed by atoms with van der Waals surface area (Å²) in [6, 6.07) is -0.816. The topological polar surface area (TPSA) is 63.3 Å². The van der Waals surface area contributed by atoms with Crippen LogP contribution in [0.2, 0.25) is 12.6 Å². The fourth-order valence-electron chi connectivity index (χ4n) is 0.367. The molecule has 5 heteroatoms. The van der Waals surface area contributed by atoms with Gasteiger partial charge in [-0.05, 0) is 0 Å². The summed E-state index contributed by atoms with van der Waals surface area (Å²) in [5.74, 6) is -0.815. The Morgan fingerprint density at radius 3 is 2.00 bits per heavy atom. The molecule has 0 aromatic carbocycles. The molecule has 0 heterocycles. The quantitative estimate of drug-likeness (QED) is 0.455. The molecule has 0 aromatic rings. The molecule has 71 valence electrons. The Kier molecular flexibility index (Phi) is 13.0. The average Bonchev–Trinajstić information content (AvgIpc) is 2.05. The lowest BCUT2D eigenvalue weighted by atomic mass is 9.73. The summed E-state index contributed by atoms with van der Waals surface area (Å²) < 4.78 is 0. The number of aliphatic carboxylic acids is 1. The van der Waals surface area contributed by atoms with Crippen LogP contribution in [0, 0.1) is 0 Å². The first-order valence-corrected chi connectivity index (χ1v) is 4.64. The molecule has 0 spiro atoms. The number of carbonyl (C=O) groups is 1. The van der Waals surface area contributed by atoms with Gasteiger partial charge in [0, 0.05) is 5.75 Å². The first-order chi connectivity index (χ1) is 5.59. The monoisotopic (exact) mass is 190 g/mol. The van der Waals surface area contributed by atoms with E-state index in [-0.39, 0.29) is 5.75 Å². The zero-order chi connectivity index (χ0) is 9.98. The van der Waals surface area contributed by atoms with Gasteiger partial charge in [-0.1, -0.05) is 26.5 Å². The molecule has 3 N–H and O–H groups in total. The molecule has 12 heavy (non-hydrogen) atoms.